The summed E-state index contributed by atoms with van der Waals surface area (Å²) in [6.07, 6.45) is 3.47. The molecule has 0 saturated heterocycles. The Bertz CT molecular complexity index is 416. The highest BCUT2D eigenvalue weighted by molar-refractivity contribution is 7.99. The Morgan fingerprint density at radius 1 is 1.40 bits per heavy atom. The van der Waals surface area contributed by atoms with Crippen molar-refractivity contribution in [3.63, 3.8) is 0 Å². The minimum atomic E-state index is -0.561. The first-order chi connectivity index (χ1) is 9.22. The fraction of sp³-hybridized carbons (Fsp3) is 0.533. The van der Waals surface area contributed by atoms with Crippen molar-refractivity contribution < 1.29 is 4.79 Å². The summed E-state index contributed by atoms with van der Waals surface area (Å²) < 4.78 is 0. The number of amides is 1. The molecule has 3 atom stereocenters. The van der Waals surface area contributed by atoms with Gasteiger partial charge in [0.2, 0.25) is 5.91 Å². The quantitative estimate of drug-likeness (QED) is 0.878. The molecule has 1 fully saturated rings. The highest BCUT2D eigenvalue weighted by atomic mass is 35.5. The third-order valence-electron chi connectivity index (χ3n) is 3.60. The van der Waals surface area contributed by atoms with Crippen LogP contribution in [0.1, 0.15) is 37.8 Å². The van der Waals surface area contributed by atoms with Crippen molar-refractivity contribution in [2.45, 2.75) is 43.5 Å². The van der Waals surface area contributed by atoms with Crippen molar-refractivity contribution in [3.8, 4) is 0 Å². The molecule has 1 aromatic rings. The third-order valence-corrected chi connectivity index (χ3v) is 4.93. The molecule has 1 aliphatic rings. The summed E-state index contributed by atoms with van der Waals surface area (Å²) >= 11 is 1.94. The van der Waals surface area contributed by atoms with E-state index in [2.05, 4.69) is 12.2 Å². The van der Waals surface area contributed by atoms with Crippen molar-refractivity contribution in [2.24, 2.45) is 5.73 Å². The van der Waals surface area contributed by atoms with E-state index in [4.69, 9.17) is 5.73 Å². The van der Waals surface area contributed by atoms with Gasteiger partial charge in [-0.2, -0.15) is 11.8 Å². The largest absolute Gasteiger partial charge is 0.351 e. The zero-order valence-corrected chi connectivity index (χ0v) is 13.4. The molecule has 0 aromatic heterocycles. The summed E-state index contributed by atoms with van der Waals surface area (Å²) in [5.74, 6) is 1.04. The van der Waals surface area contributed by atoms with Crippen molar-refractivity contribution in [1.29, 1.82) is 0 Å². The van der Waals surface area contributed by atoms with Gasteiger partial charge in [0.15, 0.2) is 0 Å². The van der Waals surface area contributed by atoms with Gasteiger partial charge in [0, 0.05) is 11.3 Å². The topological polar surface area (TPSA) is 55.1 Å². The van der Waals surface area contributed by atoms with Crippen LogP contribution in [0.2, 0.25) is 0 Å². The molecule has 0 spiro atoms. The second-order valence-corrected chi connectivity index (χ2v) is 6.44. The maximum Gasteiger partial charge on any atom is 0.241 e. The number of hydrogen-bond donors (Lipinski definition) is 2. The Balaban J connectivity index is 0.00000200. The van der Waals surface area contributed by atoms with Crippen molar-refractivity contribution >= 4 is 30.1 Å². The molecule has 3 nitrogen and oxygen atoms in total. The molecular formula is C15H23ClN2OS. The van der Waals surface area contributed by atoms with E-state index < -0.39 is 6.04 Å². The van der Waals surface area contributed by atoms with Crippen LogP contribution in [0.3, 0.4) is 0 Å². The fourth-order valence-electron chi connectivity index (χ4n) is 2.59. The number of benzene rings is 1. The fourth-order valence-corrected chi connectivity index (χ4v) is 3.79. The molecular weight excluding hydrogens is 292 g/mol. The molecule has 0 aliphatic heterocycles. The van der Waals surface area contributed by atoms with Crippen LogP contribution in [0, 0.1) is 0 Å². The smallest absolute Gasteiger partial charge is 0.241 e. The maximum atomic E-state index is 12.2. The highest BCUT2D eigenvalue weighted by Crippen LogP contribution is 2.30. The van der Waals surface area contributed by atoms with E-state index in [1.165, 1.54) is 12.8 Å². The molecule has 0 radical (unpaired) electrons. The van der Waals surface area contributed by atoms with Crippen LogP contribution in [-0.2, 0) is 4.79 Å². The molecule has 3 N–H and O–H groups in total. The van der Waals surface area contributed by atoms with Crippen molar-refractivity contribution in [3.05, 3.63) is 35.9 Å². The van der Waals surface area contributed by atoms with E-state index in [0.717, 1.165) is 17.7 Å². The number of carbonyl (C=O) groups excluding carboxylic acids is 1. The first-order valence-corrected chi connectivity index (χ1v) is 7.99. The number of thioether (sulfide) groups is 1. The minimum Gasteiger partial charge on any atom is -0.351 e. The van der Waals surface area contributed by atoms with Gasteiger partial charge in [-0.25, -0.2) is 0 Å². The molecule has 1 amide bonds. The number of nitrogens with one attached hydrogen (secondary N) is 1. The molecule has 0 heterocycles. The zero-order valence-electron chi connectivity index (χ0n) is 11.7. The maximum absolute atomic E-state index is 12.2. The van der Waals surface area contributed by atoms with Gasteiger partial charge in [-0.15, -0.1) is 12.4 Å². The van der Waals surface area contributed by atoms with E-state index in [0.29, 0.717) is 5.25 Å². The summed E-state index contributed by atoms with van der Waals surface area (Å²) in [5.41, 5.74) is 6.89. The Kier molecular flexibility index (Phi) is 7.41. The lowest BCUT2D eigenvalue weighted by Crippen LogP contribution is -2.43. The zero-order chi connectivity index (χ0) is 13.7. The Morgan fingerprint density at radius 2 is 2.10 bits per heavy atom. The third kappa shape index (κ3) is 4.40. The summed E-state index contributed by atoms with van der Waals surface area (Å²) in [6.45, 7) is 2.16. The Morgan fingerprint density at radius 3 is 2.75 bits per heavy atom. The molecule has 2 rings (SSSR count). The van der Waals surface area contributed by atoms with Crippen LogP contribution >= 0.6 is 24.2 Å². The second kappa shape index (κ2) is 8.55. The average molecular weight is 315 g/mol. The molecule has 1 aromatic carbocycles. The van der Waals surface area contributed by atoms with E-state index in [1.807, 2.05) is 42.1 Å². The number of carbonyl (C=O) groups is 1. The van der Waals surface area contributed by atoms with E-state index in [-0.39, 0.29) is 24.4 Å². The summed E-state index contributed by atoms with van der Waals surface area (Å²) in [4.78, 5) is 12.2. The first kappa shape index (κ1) is 17.3. The van der Waals surface area contributed by atoms with Gasteiger partial charge < -0.3 is 11.1 Å². The number of hydrogen-bond acceptors (Lipinski definition) is 3. The molecule has 20 heavy (non-hydrogen) atoms. The number of nitrogens with two attached hydrogens (primary N) is 1. The van der Waals surface area contributed by atoms with Gasteiger partial charge in [0.1, 0.15) is 6.04 Å². The molecule has 1 saturated carbocycles. The van der Waals surface area contributed by atoms with E-state index in [9.17, 15) is 4.79 Å². The van der Waals surface area contributed by atoms with Crippen LogP contribution in [0.4, 0.5) is 0 Å². The van der Waals surface area contributed by atoms with Gasteiger partial charge >= 0.3 is 0 Å². The van der Waals surface area contributed by atoms with Crippen LogP contribution in [0.5, 0.6) is 0 Å². The number of halogens is 1. The Hall–Kier alpha value is -0.710. The van der Waals surface area contributed by atoms with Gasteiger partial charge in [0.25, 0.3) is 0 Å². The molecule has 0 bridgehead atoms. The van der Waals surface area contributed by atoms with Crippen LogP contribution in [0.25, 0.3) is 0 Å². The SMILES string of the molecule is CCSC1CCCC1NC(=O)C(N)c1ccccc1.Cl. The molecule has 112 valence electrons. The molecule has 5 heteroatoms. The van der Waals surface area contributed by atoms with Crippen LogP contribution in [0.15, 0.2) is 30.3 Å². The van der Waals surface area contributed by atoms with E-state index in [1.54, 1.807) is 0 Å². The number of rotatable bonds is 5. The normalized spacial score (nSPS) is 22.9. The highest BCUT2D eigenvalue weighted by Gasteiger charge is 2.29. The lowest BCUT2D eigenvalue weighted by molar-refractivity contribution is -0.123. The van der Waals surface area contributed by atoms with Gasteiger partial charge in [-0.1, -0.05) is 43.7 Å². The predicted octanol–water partition coefficient (Wildman–Crippen LogP) is 2.90. The second-order valence-electron chi connectivity index (χ2n) is 4.93. The molecule has 3 unspecified atom stereocenters. The predicted molar refractivity (Wildman–Crippen MR) is 88.3 cm³/mol. The standard InChI is InChI=1S/C15H22N2OS.ClH/c1-2-19-13-10-6-9-12(13)17-15(18)14(16)11-7-4-3-5-8-11;/h3-5,7-8,12-14H,2,6,9-10,16H2,1H3,(H,17,18);1H. The minimum absolute atomic E-state index is 0. The van der Waals surface area contributed by atoms with Gasteiger partial charge in [-0.3, -0.25) is 4.79 Å². The lowest BCUT2D eigenvalue weighted by atomic mass is 10.1. The monoisotopic (exact) mass is 314 g/mol. The van der Waals surface area contributed by atoms with Gasteiger partial charge in [0.05, 0.1) is 0 Å². The van der Waals surface area contributed by atoms with Crippen LogP contribution < -0.4 is 11.1 Å². The summed E-state index contributed by atoms with van der Waals surface area (Å²) in [5, 5.41) is 3.68. The summed E-state index contributed by atoms with van der Waals surface area (Å²) in [7, 11) is 0. The summed E-state index contributed by atoms with van der Waals surface area (Å²) in [6, 6.07) is 9.27. The molecule has 1 aliphatic carbocycles. The lowest BCUT2D eigenvalue weighted by Gasteiger charge is -2.22. The van der Waals surface area contributed by atoms with E-state index >= 15 is 0 Å². The Labute approximate surface area is 131 Å². The van der Waals surface area contributed by atoms with Crippen molar-refractivity contribution in [1.82, 2.24) is 5.32 Å². The van der Waals surface area contributed by atoms with Crippen molar-refractivity contribution in [2.75, 3.05) is 5.75 Å². The average Bonchev–Trinajstić information content (AvgIpc) is 2.86. The van der Waals surface area contributed by atoms with Crippen LogP contribution in [-0.4, -0.2) is 23.0 Å². The first-order valence-electron chi connectivity index (χ1n) is 6.95. The van der Waals surface area contributed by atoms with Gasteiger partial charge in [-0.05, 0) is 24.2 Å².